The zero-order valence-corrected chi connectivity index (χ0v) is 7.29. The van der Waals surface area contributed by atoms with Crippen molar-refractivity contribution in [3.63, 3.8) is 0 Å². The van der Waals surface area contributed by atoms with E-state index in [4.69, 9.17) is 4.74 Å². The summed E-state index contributed by atoms with van der Waals surface area (Å²) in [6.07, 6.45) is 0. The topological polar surface area (TPSA) is 12.5 Å². The summed E-state index contributed by atoms with van der Waals surface area (Å²) in [6, 6.07) is 7.48. The van der Waals surface area contributed by atoms with Crippen molar-refractivity contribution in [2.45, 2.75) is 0 Å². The van der Waals surface area contributed by atoms with E-state index < -0.39 is 0 Å². The molecular formula is C10H11FNO. The molecular weight excluding hydrogens is 169 g/mol. The van der Waals surface area contributed by atoms with Crippen molar-refractivity contribution >= 4 is 5.69 Å². The fraction of sp³-hybridized carbons (Fsp3) is 0.400. The molecule has 0 amide bonds. The van der Waals surface area contributed by atoms with Crippen LogP contribution in [0, 0.1) is 11.9 Å². The normalized spacial score (nSPS) is 17.5. The second kappa shape index (κ2) is 3.75. The number of rotatable bonds is 1. The second-order valence-corrected chi connectivity index (χ2v) is 2.99. The summed E-state index contributed by atoms with van der Waals surface area (Å²) in [5.41, 5.74) is 0.949. The van der Waals surface area contributed by atoms with Crippen LogP contribution in [0.15, 0.2) is 18.2 Å². The SMILES string of the molecule is Fc1c[c]c(N2CCOCC2)cc1. The van der Waals surface area contributed by atoms with Gasteiger partial charge >= 0.3 is 0 Å². The molecule has 1 radical (unpaired) electrons. The Kier molecular flexibility index (Phi) is 2.45. The van der Waals surface area contributed by atoms with Gasteiger partial charge in [-0.25, -0.2) is 4.39 Å². The van der Waals surface area contributed by atoms with Gasteiger partial charge in [-0.1, -0.05) is 0 Å². The molecule has 1 aliphatic heterocycles. The summed E-state index contributed by atoms with van der Waals surface area (Å²) in [5, 5.41) is 0. The first-order valence-electron chi connectivity index (χ1n) is 4.36. The zero-order valence-electron chi connectivity index (χ0n) is 7.29. The fourth-order valence-electron chi connectivity index (χ4n) is 1.40. The van der Waals surface area contributed by atoms with Crippen LogP contribution in [0.1, 0.15) is 0 Å². The van der Waals surface area contributed by atoms with Crippen LogP contribution in [0.25, 0.3) is 0 Å². The van der Waals surface area contributed by atoms with Crippen molar-refractivity contribution < 1.29 is 9.13 Å². The summed E-state index contributed by atoms with van der Waals surface area (Å²) in [4.78, 5) is 2.14. The summed E-state index contributed by atoms with van der Waals surface area (Å²) >= 11 is 0. The summed E-state index contributed by atoms with van der Waals surface area (Å²) in [7, 11) is 0. The molecule has 0 N–H and O–H groups in total. The Morgan fingerprint density at radius 2 is 2.08 bits per heavy atom. The van der Waals surface area contributed by atoms with Crippen molar-refractivity contribution in [3.05, 3.63) is 30.1 Å². The minimum atomic E-state index is -0.239. The van der Waals surface area contributed by atoms with Gasteiger partial charge in [0.15, 0.2) is 0 Å². The Bertz CT molecular complexity index is 267. The van der Waals surface area contributed by atoms with Gasteiger partial charge in [0.25, 0.3) is 0 Å². The number of halogens is 1. The Morgan fingerprint density at radius 1 is 1.31 bits per heavy atom. The van der Waals surface area contributed by atoms with Crippen molar-refractivity contribution in [1.82, 2.24) is 0 Å². The Hall–Kier alpha value is -1.09. The number of morpholine rings is 1. The van der Waals surface area contributed by atoms with E-state index in [0.29, 0.717) is 0 Å². The lowest BCUT2D eigenvalue weighted by Gasteiger charge is -2.28. The third kappa shape index (κ3) is 1.98. The maximum Gasteiger partial charge on any atom is 0.123 e. The number of anilines is 1. The second-order valence-electron chi connectivity index (χ2n) is 2.99. The van der Waals surface area contributed by atoms with E-state index in [0.717, 1.165) is 32.0 Å². The molecule has 0 aromatic heterocycles. The third-order valence-corrected chi connectivity index (χ3v) is 2.11. The van der Waals surface area contributed by atoms with Crippen molar-refractivity contribution in [3.8, 4) is 0 Å². The van der Waals surface area contributed by atoms with Gasteiger partial charge in [0.1, 0.15) is 5.82 Å². The Labute approximate surface area is 76.9 Å². The molecule has 1 heterocycles. The molecule has 1 aromatic rings. The van der Waals surface area contributed by atoms with Gasteiger partial charge in [-0.3, -0.25) is 0 Å². The van der Waals surface area contributed by atoms with Crippen LogP contribution in [-0.4, -0.2) is 26.3 Å². The average Bonchev–Trinajstić information content (AvgIpc) is 2.20. The molecule has 2 rings (SSSR count). The predicted molar refractivity (Wildman–Crippen MR) is 48.3 cm³/mol. The van der Waals surface area contributed by atoms with Gasteiger partial charge < -0.3 is 9.64 Å². The Morgan fingerprint density at radius 3 is 2.69 bits per heavy atom. The first kappa shape index (κ1) is 8.51. The molecule has 0 aliphatic carbocycles. The van der Waals surface area contributed by atoms with E-state index in [1.165, 1.54) is 12.1 Å². The molecule has 0 spiro atoms. The van der Waals surface area contributed by atoms with Crippen LogP contribution < -0.4 is 4.90 Å². The predicted octanol–water partition coefficient (Wildman–Crippen LogP) is 1.46. The van der Waals surface area contributed by atoms with Gasteiger partial charge in [0.2, 0.25) is 0 Å². The van der Waals surface area contributed by atoms with Crippen molar-refractivity contribution in [2.75, 3.05) is 31.2 Å². The molecule has 13 heavy (non-hydrogen) atoms. The van der Waals surface area contributed by atoms with Gasteiger partial charge in [0.05, 0.1) is 13.2 Å². The number of hydrogen-bond donors (Lipinski definition) is 0. The standard InChI is InChI=1S/C10H11FNO/c11-9-1-3-10(4-2-9)12-5-7-13-8-6-12/h1-3H,5-8H2. The summed E-state index contributed by atoms with van der Waals surface area (Å²) < 4.78 is 17.8. The third-order valence-electron chi connectivity index (χ3n) is 2.11. The van der Waals surface area contributed by atoms with Crippen LogP contribution in [0.3, 0.4) is 0 Å². The highest BCUT2D eigenvalue weighted by Crippen LogP contribution is 2.14. The maximum absolute atomic E-state index is 12.6. The van der Waals surface area contributed by atoms with Crippen LogP contribution in [0.4, 0.5) is 10.1 Å². The van der Waals surface area contributed by atoms with Gasteiger partial charge in [0, 0.05) is 24.8 Å². The van der Waals surface area contributed by atoms with E-state index in [-0.39, 0.29) is 5.82 Å². The zero-order chi connectivity index (χ0) is 9.10. The minimum Gasteiger partial charge on any atom is -0.378 e. The first-order chi connectivity index (χ1) is 6.36. The molecule has 0 bridgehead atoms. The van der Waals surface area contributed by atoms with Gasteiger partial charge in [-0.2, -0.15) is 0 Å². The van der Waals surface area contributed by atoms with Crippen LogP contribution in [0.2, 0.25) is 0 Å². The smallest absolute Gasteiger partial charge is 0.123 e. The molecule has 0 atom stereocenters. The van der Waals surface area contributed by atoms with E-state index in [1.54, 1.807) is 6.07 Å². The molecule has 1 aromatic carbocycles. The highest BCUT2D eigenvalue weighted by atomic mass is 19.1. The molecule has 0 saturated carbocycles. The molecule has 1 saturated heterocycles. The number of ether oxygens (including phenoxy) is 1. The lowest BCUT2D eigenvalue weighted by Crippen LogP contribution is -2.36. The highest BCUT2D eigenvalue weighted by Gasteiger charge is 2.10. The van der Waals surface area contributed by atoms with E-state index in [9.17, 15) is 4.39 Å². The van der Waals surface area contributed by atoms with Crippen LogP contribution in [-0.2, 0) is 4.74 Å². The highest BCUT2D eigenvalue weighted by molar-refractivity contribution is 5.45. The molecule has 1 aliphatic rings. The van der Waals surface area contributed by atoms with Gasteiger partial charge in [-0.05, 0) is 18.2 Å². The monoisotopic (exact) mass is 180 g/mol. The maximum atomic E-state index is 12.6. The summed E-state index contributed by atoms with van der Waals surface area (Å²) in [6.45, 7) is 3.21. The molecule has 0 unspecified atom stereocenters. The number of benzene rings is 1. The van der Waals surface area contributed by atoms with E-state index in [1.807, 2.05) is 0 Å². The van der Waals surface area contributed by atoms with Crippen molar-refractivity contribution in [2.24, 2.45) is 0 Å². The molecule has 2 nitrogen and oxygen atoms in total. The quantitative estimate of drug-likeness (QED) is 0.648. The largest absolute Gasteiger partial charge is 0.378 e. The Balaban J connectivity index is 2.10. The fourth-order valence-corrected chi connectivity index (χ4v) is 1.40. The van der Waals surface area contributed by atoms with Crippen LogP contribution in [0.5, 0.6) is 0 Å². The molecule has 1 fully saturated rings. The van der Waals surface area contributed by atoms with Crippen molar-refractivity contribution in [1.29, 1.82) is 0 Å². The number of hydrogen-bond acceptors (Lipinski definition) is 2. The first-order valence-corrected chi connectivity index (χ1v) is 4.36. The average molecular weight is 180 g/mol. The number of nitrogens with zero attached hydrogens (tertiary/aromatic N) is 1. The molecule has 69 valence electrons. The van der Waals surface area contributed by atoms with E-state index >= 15 is 0 Å². The van der Waals surface area contributed by atoms with Crippen LogP contribution >= 0.6 is 0 Å². The lowest BCUT2D eigenvalue weighted by molar-refractivity contribution is 0.122. The van der Waals surface area contributed by atoms with E-state index in [2.05, 4.69) is 11.0 Å². The van der Waals surface area contributed by atoms with Gasteiger partial charge in [-0.15, -0.1) is 0 Å². The summed E-state index contributed by atoms with van der Waals surface area (Å²) in [5.74, 6) is -0.239. The lowest BCUT2D eigenvalue weighted by atomic mass is 10.2. The minimum absolute atomic E-state index is 0.239. The molecule has 3 heteroatoms.